The highest BCUT2D eigenvalue weighted by molar-refractivity contribution is 5.97. The van der Waals surface area contributed by atoms with Gasteiger partial charge in [0.2, 0.25) is 5.78 Å². The Bertz CT molecular complexity index is 342. The number of aromatic nitrogens is 2. The molecule has 15 heavy (non-hydrogen) atoms. The molecule has 5 nitrogen and oxygen atoms in total. The minimum atomic E-state index is -0.402. The van der Waals surface area contributed by atoms with Gasteiger partial charge in [-0.3, -0.25) is 9.78 Å². The second-order valence-corrected chi connectivity index (χ2v) is 3.58. The summed E-state index contributed by atoms with van der Waals surface area (Å²) in [5, 5.41) is 0. The number of ether oxygens (including phenoxy) is 1. The van der Waals surface area contributed by atoms with E-state index < -0.39 is 6.10 Å². The van der Waals surface area contributed by atoms with Gasteiger partial charge in [-0.25, -0.2) is 4.98 Å². The first-order valence-corrected chi connectivity index (χ1v) is 4.88. The molecular formula is C10H13N3O2. The molecule has 1 aromatic rings. The molecule has 0 aliphatic carbocycles. The van der Waals surface area contributed by atoms with Crippen molar-refractivity contribution in [1.82, 2.24) is 14.9 Å². The van der Waals surface area contributed by atoms with Gasteiger partial charge in [-0.2, -0.15) is 0 Å². The second-order valence-electron chi connectivity index (χ2n) is 3.58. The van der Waals surface area contributed by atoms with Crippen molar-refractivity contribution in [3.63, 3.8) is 0 Å². The molecule has 1 unspecified atom stereocenters. The Hall–Kier alpha value is -1.33. The summed E-state index contributed by atoms with van der Waals surface area (Å²) < 4.78 is 5.41. The highest BCUT2D eigenvalue weighted by Gasteiger charge is 2.26. The van der Waals surface area contributed by atoms with Crippen molar-refractivity contribution in [3.8, 4) is 0 Å². The number of likely N-dealkylation sites (N-methyl/N-ethyl adjacent to an activating group) is 1. The monoisotopic (exact) mass is 207 g/mol. The zero-order chi connectivity index (χ0) is 10.7. The summed E-state index contributed by atoms with van der Waals surface area (Å²) in [5.41, 5.74) is 0.373. The Morgan fingerprint density at radius 1 is 1.60 bits per heavy atom. The summed E-state index contributed by atoms with van der Waals surface area (Å²) in [6, 6.07) is 0. The Kier molecular flexibility index (Phi) is 3.03. The Balaban J connectivity index is 2.08. The standard InChI is InChI=1S/C10H13N3O2/c1-13-4-5-15-9(7-13)10(14)8-6-11-2-3-12-8/h2-3,6,9H,4-5,7H2,1H3. The Labute approximate surface area is 88.1 Å². The fourth-order valence-electron chi connectivity index (χ4n) is 1.53. The van der Waals surface area contributed by atoms with Crippen LogP contribution in [0.2, 0.25) is 0 Å². The van der Waals surface area contributed by atoms with Crippen molar-refractivity contribution in [3.05, 3.63) is 24.3 Å². The highest BCUT2D eigenvalue weighted by Crippen LogP contribution is 2.08. The topological polar surface area (TPSA) is 55.3 Å². The van der Waals surface area contributed by atoms with Crippen LogP contribution in [0.1, 0.15) is 10.5 Å². The lowest BCUT2D eigenvalue weighted by Gasteiger charge is -2.28. The molecule has 1 saturated heterocycles. The van der Waals surface area contributed by atoms with Crippen LogP contribution in [-0.4, -0.2) is 53.5 Å². The molecular weight excluding hydrogens is 194 g/mol. The summed E-state index contributed by atoms with van der Waals surface area (Å²) in [7, 11) is 1.97. The number of ketones is 1. The van der Waals surface area contributed by atoms with E-state index >= 15 is 0 Å². The lowest BCUT2D eigenvalue weighted by molar-refractivity contribution is -0.00891. The largest absolute Gasteiger partial charge is 0.367 e. The molecule has 5 heteroatoms. The van der Waals surface area contributed by atoms with Gasteiger partial charge in [-0.1, -0.05) is 0 Å². The van der Waals surface area contributed by atoms with Crippen LogP contribution in [0, 0.1) is 0 Å². The van der Waals surface area contributed by atoms with Crippen molar-refractivity contribution < 1.29 is 9.53 Å². The van der Waals surface area contributed by atoms with Crippen LogP contribution in [0.3, 0.4) is 0 Å². The zero-order valence-electron chi connectivity index (χ0n) is 8.59. The number of nitrogens with zero attached hydrogens (tertiary/aromatic N) is 3. The molecule has 0 N–H and O–H groups in total. The Morgan fingerprint density at radius 3 is 3.13 bits per heavy atom. The van der Waals surface area contributed by atoms with Crippen LogP contribution in [0.5, 0.6) is 0 Å². The normalized spacial score (nSPS) is 22.6. The summed E-state index contributed by atoms with van der Waals surface area (Å²) in [4.78, 5) is 21.8. The third-order valence-corrected chi connectivity index (χ3v) is 2.38. The summed E-state index contributed by atoms with van der Waals surface area (Å²) in [6.45, 7) is 2.08. The number of hydrogen-bond donors (Lipinski definition) is 0. The van der Waals surface area contributed by atoms with E-state index in [0.29, 0.717) is 18.8 Å². The molecule has 2 heterocycles. The first-order chi connectivity index (χ1) is 7.27. The van der Waals surface area contributed by atoms with E-state index in [1.165, 1.54) is 12.4 Å². The van der Waals surface area contributed by atoms with Crippen molar-refractivity contribution in [2.24, 2.45) is 0 Å². The van der Waals surface area contributed by atoms with E-state index in [0.717, 1.165) is 6.54 Å². The second kappa shape index (κ2) is 4.46. The number of Topliss-reactive ketones (excluding diaryl/α,β-unsaturated/α-hetero) is 1. The van der Waals surface area contributed by atoms with Gasteiger partial charge in [0, 0.05) is 25.5 Å². The minimum absolute atomic E-state index is 0.0883. The molecule has 0 bridgehead atoms. The molecule has 0 aromatic carbocycles. The predicted octanol–water partition coefficient (Wildman–Crippen LogP) is -0.0101. The molecule has 1 aliphatic heterocycles. The lowest BCUT2D eigenvalue weighted by Crippen LogP contribution is -2.44. The van der Waals surface area contributed by atoms with Crippen molar-refractivity contribution in [2.45, 2.75) is 6.10 Å². The molecule has 0 amide bonds. The van der Waals surface area contributed by atoms with Gasteiger partial charge in [0.15, 0.2) is 0 Å². The van der Waals surface area contributed by atoms with Crippen LogP contribution in [0.4, 0.5) is 0 Å². The third-order valence-electron chi connectivity index (χ3n) is 2.38. The minimum Gasteiger partial charge on any atom is -0.367 e. The van der Waals surface area contributed by atoms with Gasteiger partial charge in [0.05, 0.1) is 12.8 Å². The first kappa shape index (κ1) is 10.2. The molecule has 1 fully saturated rings. The SMILES string of the molecule is CN1CCOC(C(=O)c2cnccn2)C1. The molecule has 1 aromatic heterocycles. The summed E-state index contributed by atoms with van der Waals surface area (Å²) in [5.74, 6) is -0.0883. The van der Waals surface area contributed by atoms with E-state index in [4.69, 9.17) is 4.74 Å². The number of rotatable bonds is 2. The van der Waals surface area contributed by atoms with Crippen LogP contribution < -0.4 is 0 Å². The van der Waals surface area contributed by atoms with Crippen LogP contribution >= 0.6 is 0 Å². The molecule has 0 radical (unpaired) electrons. The maximum Gasteiger partial charge on any atom is 0.212 e. The van der Waals surface area contributed by atoms with E-state index in [9.17, 15) is 4.79 Å². The average molecular weight is 207 g/mol. The predicted molar refractivity (Wildman–Crippen MR) is 53.6 cm³/mol. The number of morpholine rings is 1. The summed E-state index contributed by atoms with van der Waals surface area (Å²) >= 11 is 0. The third kappa shape index (κ3) is 2.37. The van der Waals surface area contributed by atoms with Gasteiger partial charge < -0.3 is 9.64 Å². The average Bonchev–Trinajstić information content (AvgIpc) is 2.29. The van der Waals surface area contributed by atoms with Crippen molar-refractivity contribution in [1.29, 1.82) is 0 Å². The number of carbonyl (C=O) groups is 1. The van der Waals surface area contributed by atoms with Crippen LogP contribution in [0.25, 0.3) is 0 Å². The number of hydrogen-bond acceptors (Lipinski definition) is 5. The lowest BCUT2D eigenvalue weighted by atomic mass is 10.1. The Morgan fingerprint density at radius 2 is 2.47 bits per heavy atom. The van der Waals surface area contributed by atoms with E-state index in [1.54, 1.807) is 6.20 Å². The maximum absolute atomic E-state index is 11.9. The molecule has 80 valence electrons. The van der Waals surface area contributed by atoms with Gasteiger partial charge in [0.25, 0.3) is 0 Å². The van der Waals surface area contributed by atoms with Gasteiger partial charge in [0.1, 0.15) is 11.8 Å². The van der Waals surface area contributed by atoms with E-state index in [2.05, 4.69) is 14.9 Å². The maximum atomic E-state index is 11.9. The van der Waals surface area contributed by atoms with Crippen molar-refractivity contribution in [2.75, 3.05) is 26.7 Å². The molecule has 0 saturated carbocycles. The molecule has 1 aliphatic rings. The quantitative estimate of drug-likeness (QED) is 0.638. The molecule has 1 atom stereocenters. The first-order valence-electron chi connectivity index (χ1n) is 4.88. The van der Waals surface area contributed by atoms with Crippen LogP contribution in [-0.2, 0) is 4.74 Å². The van der Waals surface area contributed by atoms with Gasteiger partial charge in [-0.05, 0) is 7.05 Å². The number of carbonyl (C=O) groups excluding carboxylic acids is 1. The molecule has 2 rings (SSSR count). The van der Waals surface area contributed by atoms with Gasteiger partial charge >= 0.3 is 0 Å². The fourth-order valence-corrected chi connectivity index (χ4v) is 1.53. The van der Waals surface area contributed by atoms with E-state index in [-0.39, 0.29) is 5.78 Å². The highest BCUT2D eigenvalue weighted by atomic mass is 16.5. The summed E-state index contributed by atoms with van der Waals surface area (Å²) in [6.07, 6.45) is 4.13. The van der Waals surface area contributed by atoms with Crippen molar-refractivity contribution >= 4 is 5.78 Å². The molecule has 0 spiro atoms. The van der Waals surface area contributed by atoms with Gasteiger partial charge in [-0.15, -0.1) is 0 Å². The zero-order valence-corrected chi connectivity index (χ0v) is 8.59. The van der Waals surface area contributed by atoms with Crippen LogP contribution in [0.15, 0.2) is 18.6 Å². The smallest absolute Gasteiger partial charge is 0.212 e. The van der Waals surface area contributed by atoms with E-state index in [1.807, 2.05) is 7.05 Å². The fraction of sp³-hybridized carbons (Fsp3) is 0.500.